The second-order valence-corrected chi connectivity index (χ2v) is 12.7. The molecule has 3 aromatic rings. The monoisotopic (exact) mass is 648 g/mol. The molecule has 0 aliphatic carbocycles. The summed E-state index contributed by atoms with van der Waals surface area (Å²) in [7, 11) is 0. The first kappa shape index (κ1) is 29.2. The van der Waals surface area contributed by atoms with Crippen molar-refractivity contribution in [1.29, 1.82) is 0 Å². The Morgan fingerprint density at radius 2 is 1.98 bits per heavy atom. The first-order valence-corrected chi connectivity index (χ1v) is 15.0. The highest BCUT2D eigenvalue weighted by Gasteiger charge is 2.39. The number of anilines is 1. The van der Waals surface area contributed by atoms with Gasteiger partial charge in [-0.05, 0) is 80.9 Å². The largest absolute Gasteiger partial charge is 0.464 e. The summed E-state index contributed by atoms with van der Waals surface area (Å²) >= 11 is 5.08. The number of aromatic nitrogens is 4. The van der Waals surface area contributed by atoms with E-state index in [1.165, 1.54) is 23.0 Å². The van der Waals surface area contributed by atoms with E-state index in [1.807, 2.05) is 16.7 Å². The highest BCUT2D eigenvalue weighted by molar-refractivity contribution is 9.10. The zero-order valence-electron chi connectivity index (χ0n) is 23.4. The summed E-state index contributed by atoms with van der Waals surface area (Å²) in [6.07, 6.45) is 2.84. The maximum absolute atomic E-state index is 12.9. The van der Waals surface area contributed by atoms with Crippen molar-refractivity contribution < 1.29 is 28.5 Å². The van der Waals surface area contributed by atoms with E-state index in [2.05, 4.69) is 25.9 Å². The van der Waals surface area contributed by atoms with Crippen LogP contribution in [0.1, 0.15) is 47.0 Å². The lowest BCUT2D eigenvalue weighted by Gasteiger charge is -2.38. The molecule has 2 aromatic heterocycles. The summed E-state index contributed by atoms with van der Waals surface area (Å²) in [5, 5.41) is 0.694. The third-order valence-corrected chi connectivity index (χ3v) is 8.78. The van der Waals surface area contributed by atoms with E-state index in [1.54, 1.807) is 27.7 Å². The summed E-state index contributed by atoms with van der Waals surface area (Å²) in [4.78, 5) is 41.6. The Kier molecular flexibility index (Phi) is 8.50. The second kappa shape index (κ2) is 11.9. The zero-order valence-corrected chi connectivity index (χ0v) is 25.8. The van der Waals surface area contributed by atoms with Gasteiger partial charge in [0.05, 0.1) is 6.61 Å². The maximum atomic E-state index is 12.9. The van der Waals surface area contributed by atoms with Gasteiger partial charge >= 0.3 is 12.1 Å². The normalized spacial score (nSPS) is 18.5. The molecule has 12 nitrogen and oxygen atoms in total. The summed E-state index contributed by atoms with van der Waals surface area (Å²) < 4.78 is 24.8. The lowest BCUT2D eigenvalue weighted by atomic mass is 9.88. The van der Waals surface area contributed by atoms with Crippen LogP contribution < -0.4 is 15.2 Å². The van der Waals surface area contributed by atoms with Crippen molar-refractivity contribution in [3.63, 3.8) is 0 Å². The number of piperidine rings is 1. The molecule has 2 aliphatic heterocycles. The van der Waals surface area contributed by atoms with E-state index in [9.17, 15) is 9.59 Å². The number of carbonyl (C=O) groups is 2. The van der Waals surface area contributed by atoms with Gasteiger partial charge < -0.3 is 29.2 Å². The van der Waals surface area contributed by atoms with E-state index in [0.717, 1.165) is 22.2 Å². The Morgan fingerprint density at radius 1 is 1.22 bits per heavy atom. The minimum atomic E-state index is -0.709. The van der Waals surface area contributed by atoms with Crippen molar-refractivity contribution >= 4 is 56.7 Å². The number of imidazole rings is 1. The lowest BCUT2D eigenvalue weighted by Crippen LogP contribution is -2.52. The van der Waals surface area contributed by atoms with Crippen molar-refractivity contribution in [2.75, 3.05) is 25.7 Å². The third kappa shape index (κ3) is 6.48. The molecule has 4 heterocycles. The number of likely N-dealkylation sites (tertiary alicyclic amines) is 1. The number of amides is 1. The zero-order chi connectivity index (χ0) is 29.3. The van der Waals surface area contributed by atoms with Gasteiger partial charge in [0.1, 0.15) is 18.0 Å². The number of esters is 1. The Balaban J connectivity index is 1.37. The molecule has 14 heteroatoms. The molecule has 1 amide bonds. The van der Waals surface area contributed by atoms with Crippen LogP contribution in [0.25, 0.3) is 11.2 Å². The highest BCUT2D eigenvalue weighted by Crippen LogP contribution is 2.43. The highest BCUT2D eigenvalue weighted by atomic mass is 79.9. The summed E-state index contributed by atoms with van der Waals surface area (Å²) in [5.74, 6) is 1.38. The number of nitrogens with zero attached hydrogens (tertiary/aromatic N) is 5. The molecular formula is C27H33BrN6O6S. The van der Waals surface area contributed by atoms with Crippen LogP contribution in [0.15, 0.2) is 33.0 Å². The van der Waals surface area contributed by atoms with Gasteiger partial charge in [-0.1, -0.05) is 11.8 Å². The van der Waals surface area contributed by atoms with E-state index in [4.69, 9.17) is 29.7 Å². The van der Waals surface area contributed by atoms with Gasteiger partial charge in [-0.3, -0.25) is 4.90 Å². The van der Waals surface area contributed by atoms with E-state index in [-0.39, 0.29) is 19.3 Å². The van der Waals surface area contributed by atoms with E-state index >= 15 is 0 Å². The van der Waals surface area contributed by atoms with Gasteiger partial charge in [-0.2, -0.15) is 0 Å². The predicted octanol–water partition coefficient (Wildman–Crippen LogP) is 5.02. The molecule has 0 bridgehead atoms. The van der Waals surface area contributed by atoms with Crippen LogP contribution >= 0.6 is 27.7 Å². The smallest absolute Gasteiger partial charge is 0.411 e. The molecule has 2 N–H and O–H groups in total. The fraction of sp³-hybridized carbons (Fsp3) is 0.519. The fourth-order valence-electron chi connectivity index (χ4n) is 4.90. The SMILES string of the molecule is CCOC(=O)[C@H]1C[C@@H](CCn2c(Sc3cc4c(cc3Br)OCO4)nc3c(N)ncnc32)CCN1C(=O)OC(C)(C)C. The minimum Gasteiger partial charge on any atom is -0.464 e. The number of hydrogen-bond acceptors (Lipinski definition) is 11. The van der Waals surface area contributed by atoms with Crippen molar-refractivity contribution in [3.8, 4) is 11.5 Å². The molecule has 41 heavy (non-hydrogen) atoms. The van der Waals surface area contributed by atoms with Crippen molar-refractivity contribution in [3.05, 3.63) is 22.9 Å². The molecule has 1 aromatic carbocycles. The van der Waals surface area contributed by atoms with Crippen molar-refractivity contribution in [2.24, 2.45) is 5.92 Å². The van der Waals surface area contributed by atoms with Crippen LogP contribution in [-0.4, -0.2) is 68.1 Å². The molecular weight excluding hydrogens is 616 g/mol. The van der Waals surface area contributed by atoms with Crippen LogP contribution in [0.4, 0.5) is 10.6 Å². The molecule has 0 unspecified atom stereocenters. The standard InChI is InChI=1S/C27H33BrN6O6S/c1-5-37-24(35)17-10-15(6-8-33(17)26(36)40-27(2,3)4)7-9-34-23-21(22(29)30-13-31-23)32-25(34)41-20-12-19-18(11-16(20)28)38-14-39-19/h11-13,15,17H,5-10,14H2,1-4H3,(H2,29,30,31)/t15-,17-/m1/s1. The van der Waals surface area contributed by atoms with Crippen LogP contribution in [0.3, 0.4) is 0 Å². The van der Waals surface area contributed by atoms with Gasteiger partial charge in [0.2, 0.25) is 6.79 Å². The fourth-order valence-corrected chi connectivity index (χ4v) is 6.41. The Labute approximate surface area is 250 Å². The Morgan fingerprint density at radius 3 is 2.71 bits per heavy atom. The van der Waals surface area contributed by atoms with Gasteiger partial charge in [0.25, 0.3) is 0 Å². The quantitative estimate of drug-likeness (QED) is 0.345. The van der Waals surface area contributed by atoms with Crippen molar-refractivity contribution in [2.45, 2.75) is 75.2 Å². The van der Waals surface area contributed by atoms with Crippen molar-refractivity contribution in [1.82, 2.24) is 24.4 Å². The number of aryl methyl sites for hydroxylation is 1. The molecule has 1 saturated heterocycles. The lowest BCUT2D eigenvalue weighted by molar-refractivity contribution is -0.151. The molecule has 220 valence electrons. The average molecular weight is 650 g/mol. The van der Waals surface area contributed by atoms with E-state index < -0.39 is 23.7 Å². The number of carbonyl (C=O) groups excluding carboxylic acids is 2. The number of nitrogen functional groups attached to an aromatic ring is 1. The number of fused-ring (bicyclic) bond motifs is 2. The molecule has 0 spiro atoms. The molecule has 1 fully saturated rings. The number of rotatable bonds is 7. The number of ether oxygens (including phenoxy) is 4. The number of benzene rings is 1. The number of hydrogen-bond donors (Lipinski definition) is 1. The Hall–Kier alpha value is -3.26. The maximum Gasteiger partial charge on any atom is 0.411 e. The van der Waals surface area contributed by atoms with Crippen LogP contribution in [0, 0.1) is 5.92 Å². The van der Waals surface area contributed by atoms with Gasteiger partial charge in [0.15, 0.2) is 33.6 Å². The summed E-state index contributed by atoms with van der Waals surface area (Å²) in [6.45, 7) is 8.56. The predicted molar refractivity (Wildman–Crippen MR) is 155 cm³/mol. The van der Waals surface area contributed by atoms with Crippen LogP contribution in [-0.2, 0) is 20.8 Å². The summed E-state index contributed by atoms with van der Waals surface area (Å²) in [5.41, 5.74) is 6.65. The molecule has 5 rings (SSSR count). The second-order valence-electron chi connectivity index (χ2n) is 10.8. The summed E-state index contributed by atoms with van der Waals surface area (Å²) in [6, 6.07) is 3.07. The molecule has 0 saturated carbocycles. The van der Waals surface area contributed by atoms with Gasteiger partial charge in [-0.25, -0.2) is 24.5 Å². The first-order chi connectivity index (χ1) is 19.5. The topological polar surface area (TPSA) is 144 Å². The number of nitrogens with two attached hydrogens (primary N) is 1. The molecule has 0 radical (unpaired) electrons. The van der Waals surface area contributed by atoms with Crippen LogP contribution in [0.5, 0.6) is 11.5 Å². The van der Waals surface area contributed by atoms with Crippen LogP contribution in [0.2, 0.25) is 0 Å². The number of halogens is 1. The average Bonchev–Trinajstić information content (AvgIpc) is 3.51. The Bertz CT molecular complexity index is 1460. The molecule has 2 atom stereocenters. The van der Waals surface area contributed by atoms with Gasteiger partial charge in [-0.15, -0.1) is 0 Å². The third-order valence-electron chi connectivity index (χ3n) is 6.81. The van der Waals surface area contributed by atoms with Gasteiger partial charge in [0, 0.05) is 22.5 Å². The van der Waals surface area contributed by atoms with E-state index in [0.29, 0.717) is 53.1 Å². The minimum absolute atomic E-state index is 0.148. The first-order valence-electron chi connectivity index (χ1n) is 13.4. The molecule has 2 aliphatic rings.